The molecule has 2 N–H and O–H groups in total. The Labute approximate surface area is 136 Å². The van der Waals surface area contributed by atoms with E-state index in [1.165, 1.54) is 0 Å². The summed E-state index contributed by atoms with van der Waals surface area (Å²) in [5.74, 6) is -1.21. The van der Waals surface area contributed by atoms with Gasteiger partial charge in [0.05, 0.1) is 13.0 Å². The van der Waals surface area contributed by atoms with Crippen LogP contribution in [0.4, 0.5) is 0 Å². The number of rotatable bonds is 6. The Morgan fingerprint density at radius 2 is 1.95 bits per heavy atom. The van der Waals surface area contributed by atoms with E-state index >= 15 is 0 Å². The maximum atomic E-state index is 11.6. The number of aliphatic carboxylic acids is 1. The predicted octanol–water partition coefficient (Wildman–Crippen LogP) is 2.34. The van der Waals surface area contributed by atoms with Gasteiger partial charge in [0.15, 0.2) is 0 Å². The topological polar surface area (TPSA) is 75.6 Å². The number of carboxylic acids is 1. The summed E-state index contributed by atoms with van der Waals surface area (Å²) >= 11 is 4.37. The molecule has 0 heterocycles. The lowest BCUT2D eigenvalue weighted by Crippen LogP contribution is -2.31. The van der Waals surface area contributed by atoms with E-state index in [4.69, 9.17) is 9.84 Å². The summed E-state index contributed by atoms with van der Waals surface area (Å²) in [5.41, 5.74) is 2.08. The first-order valence-electron chi connectivity index (χ1n) is 7.04. The van der Waals surface area contributed by atoms with Crippen molar-refractivity contribution in [3.63, 3.8) is 0 Å². The van der Waals surface area contributed by atoms with Crippen molar-refractivity contribution in [2.75, 3.05) is 6.54 Å². The molecule has 0 aliphatic carbocycles. The fourth-order valence-electron chi connectivity index (χ4n) is 1.96. The number of carbonyl (C=O) groups is 2. The molecule has 0 fully saturated rings. The Hall–Kier alpha value is -1.53. The molecule has 0 unspecified atom stereocenters. The van der Waals surface area contributed by atoms with E-state index in [0.717, 1.165) is 16.0 Å². The van der Waals surface area contributed by atoms with Crippen LogP contribution in [0.25, 0.3) is 0 Å². The van der Waals surface area contributed by atoms with Crippen molar-refractivity contribution in [1.82, 2.24) is 5.32 Å². The molecule has 0 atom stereocenters. The Morgan fingerprint density at radius 1 is 1.32 bits per heavy atom. The molecule has 0 aliphatic rings. The highest BCUT2D eigenvalue weighted by Crippen LogP contribution is 2.20. The maximum Gasteiger partial charge on any atom is 0.320 e. The molecule has 0 amide bonds. The molecular weight excluding hydrogens is 302 g/mol. The molecule has 122 valence electrons. The van der Waals surface area contributed by atoms with E-state index in [1.54, 1.807) is 6.07 Å². The molecular formula is C16H23NO4S. The molecule has 0 spiro atoms. The van der Waals surface area contributed by atoms with E-state index in [1.807, 2.05) is 33.8 Å². The van der Waals surface area contributed by atoms with Gasteiger partial charge in [0, 0.05) is 11.4 Å². The number of nitrogens with one attached hydrogen (secondary N) is 1. The van der Waals surface area contributed by atoms with Gasteiger partial charge >= 0.3 is 11.9 Å². The normalized spacial score (nSPS) is 11.3. The van der Waals surface area contributed by atoms with Crippen molar-refractivity contribution in [2.45, 2.75) is 51.2 Å². The summed E-state index contributed by atoms with van der Waals surface area (Å²) < 4.78 is 5.21. The highest BCUT2D eigenvalue weighted by atomic mass is 32.1. The van der Waals surface area contributed by atoms with Gasteiger partial charge < -0.3 is 15.2 Å². The van der Waals surface area contributed by atoms with Gasteiger partial charge in [0.1, 0.15) is 5.60 Å². The molecule has 1 aromatic rings. The van der Waals surface area contributed by atoms with Crippen LogP contribution in [-0.4, -0.2) is 29.2 Å². The van der Waals surface area contributed by atoms with Crippen molar-refractivity contribution in [1.29, 1.82) is 0 Å². The van der Waals surface area contributed by atoms with E-state index in [9.17, 15) is 9.59 Å². The van der Waals surface area contributed by atoms with Gasteiger partial charge in [-0.2, -0.15) is 0 Å². The Bertz CT molecular complexity index is 564. The number of thiol groups is 1. The first-order valence-corrected chi connectivity index (χ1v) is 7.49. The van der Waals surface area contributed by atoms with Crippen LogP contribution in [0.2, 0.25) is 0 Å². The molecule has 0 saturated heterocycles. The number of esters is 1. The van der Waals surface area contributed by atoms with Gasteiger partial charge in [-0.3, -0.25) is 9.59 Å². The summed E-state index contributed by atoms with van der Waals surface area (Å²) in [7, 11) is 0. The highest BCUT2D eigenvalue weighted by Gasteiger charge is 2.16. The standard InChI is InChI=1S/C16H23NO4S/c1-10-12(5-11(6-13(10)22)7-14(18)19)8-17-9-15(20)21-16(2,3)4/h5-6,17,22H,7-9H2,1-4H3,(H,18,19). The molecule has 0 aliphatic heterocycles. The number of hydrogen-bond donors (Lipinski definition) is 3. The lowest BCUT2D eigenvalue weighted by atomic mass is 10.0. The quantitative estimate of drug-likeness (QED) is 0.553. The molecule has 5 nitrogen and oxygen atoms in total. The first-order chi connectivity index (χ1) is 10.1. The van der Waals surface area contributed by atoms with Crippen LogP contribution in [-0.2, 0) is 27.3 Å². The highest BCUT2D eigenvalue weighted by molar-refractivity contribution is 7.80. The van der Waals surface area contributed by atoms with Gasteiger partial charge in [0.2, 0.25) is 0 Å². The molecule has 0 saturated carbocycles. The third-order valence-electron chi connectivity index (χ3n) is 2.91. The Balaban J connectivity index is 2.67. The number of ether oxygens (including phenoxy) is 1. The SMILES string of the molecule is Cc1c(S)cc(CC(=O)O)cc1CNCC(=O)OC(C)(C)C. The minimum absolute atomic E-state index is 0.0487. The average molecular weight is 325 g/mol. The summed E-state index contributed by atoms with van der Waals surface area (Å²) in [6, 6.07) is 3.58. The maximum absolute atomic E-state index is 11.6. The smallest absolute Gasteiger partial charge is 0.320 e. The molecule has 0 bridgehead atoms. The lowest BCUT2D eigenvalue weighted by Gasteiger charge is -2.19. The van der Waals surface area contributed by atoms with Crippen LogP contribution in [0.3, 0.4) is 0 Å². The minimum Gasteiger partial charge on any atom is -0.481 e. The van der Waals surface area contributed by atoms with Gasteiger partial charge in [-0.1, -0.05) is 6.07 Å². The van der Waals surface area contributed by atoms with Crippen LogP contribution in [0, 0.1) is 6.92 Å². The first kappa shape index (κ1) is 18.5. The van der Waals surface area contributed by atoms with Crippen molar-refractivity contribution in [2.24, 2.45) is 0 Å². The van der Waals surface area contributed by atoms with Crippen LogP contribution >= 0.6 is 12.6 Å². The van der Waals surface area contributed by atoms with E-state index in [2.05, 4.69) is 17.9 Å². The van der Waals surface area contributed by atoms with Gasteiger partial charge in [-0.25, -0.2) is 0 Å². The molecule has 0 aromatic heterocycles. The largest absolute Gasteiger partial charge is 0.481 e. The molecule has 1 aromatic carbocycles. The fourth-order valence-corrected chi connectivity index (χ4v) is 2.27. The Morgan fingerprint density at radius 3 is 2.50 bits per heavy atom. The second kappa shape index (κ2) is 7.65. The zero-order chi connectivity index (χ0) is 16.9. The second-order valence-corrected chi connectivity index (χ2v) is 6.64. The second-order valence-electron chi connectivity index (χ2n) is 6.16. The molecule has 6 heteroatoms. The minimum atomic E-state index is -0.885. The van der Waals surface area contributed by atoms with Gasteiger partial charge in [0.25, 0.3) is 0 Å². The van der Waals surface area contributed by atoms with Gasteiger partial charge in [-0.05, 0) is 50.5 Å². The van der Waals surface area contributed by atoms with E-state index in [-0.39, 0.29) is 18.9 Å². The van der Waals surface area contributed by atoms with Crippen molar-refractivity contribution in [3.05, 3.63) is 28.8 Å². The molecule has 22 heavy (non-hydrogen) atoms. The van der Waals surface area contributed by atoms with Crippen molar-refractivity contribution < 1.29 is 19.4 Å². The van der Waals surface area contributed by atoms with Crippen LogP contribution in [0.15, 0.2) is 17.0 Å². The zero-order valence-corrected chi connectivity index (χ0v) is 14.3. The summed E-state index contributed by atoms with van der Waals surface area (Å²) in [6.07, 6.45) is -0.0487. The van der Waals surface area contributed by atoms with E-state index in [0.29, 0.717) is 12.1 Å². The predicted molar refractivity (Wildman–Crippen MR) is 87.3 cm³/mol. The zero-order valence-electron chi connectivity index (χ0n) is 13.4. The van der Waals surface area contributed by atoms with E-state index < -0.39 is 11.6 Å². The number of benzene rings is 1. The fraction of sp³-hybridized carbons (Fsp3) is 0.500. The molecule has 0 radical (unpaired) electrons. The number of carboxylic acid groups (broad SMARTS) is 1. The Kier molecular flexibility index (Phi) is 6.44. The summed E-state index contributed by atoms with van der Waals surface area (Å²) in [5, 5.41) is 11.9. The van der Waals surface area contributed by atoms with Crippen LogP contribution < -0.4 is 5.32 Å². The van der Waals surface area contributed by atoms with Gasteiger partial charge in [-0.15, -0.1) is 12.6 Å². The van der Waals surface area contributed by atoms with Crippen LogP contribution in [0.5, 0.6) is 0 Å². The number of hydrogen-bond acceptors (Lipinski definition) is 5. The molecule has 1 rings (SSSR count). The average Bonchev–Trinajstić information content (AvgIpc) is 2.32. The summed E-state index contributed by atoms with van der Waals surface area (Å²) in [4.78, 5) is 23.2. The number of carbonyl (C=O) groups excluding carboxylic acids is 1. The monoisotopic (exact) mass is 325 g/mol. The third kappa shape index (κ3) is 6.49. The lowest BCUT2D eigenvalue weighted by molar-refractivity contribution is -0.153. The van der Waals surface area contributed by atoms with Crippen molar-refractivity contribution >= 4 is 24.6 Å². The summed E-state index contributed by atoms with van der Waals surface area (Å²) in [6.45, 7) is 7.91. The van der Waals surface area contributed by atoms with Crippen molar-refractivity contribution in [3.8, 4) is 0 Å². The van der Waals surface area contributed by atoms with Crippen LogP contribution in [0.1, 0.15) is 37.5 Å². The third-order valence-corrected chi connectivity index (χ3v) is 3.37.